The van der Waals surface area contributed by atoms with Gasteiger partial charge in [-0.25, -0.2) is 4.79 Å². The largest absolute Gasteiger partial charge is 0.511 e. The topological polar surface area (TPSA) is 118 Å². The van der Waals surface area contributed by atoms with E-state index in [0.717, 1.165) is 0 Å². The number of hydrogen-bond donors (Lipinski definition) is 1. The van der Waals surface area contributed by atoms with Gasteiger partial charge in [-0.1, -0.05) is 0 Å². The molecule has 2 rings (SSSR count). The second kappa shape index (κ2) is 10.5. The Hall–Kier alpha value is -2.79. The van der Waals surface area contributed by atoms with E-state index in [1.54, 1.807) is 7.05 Å². The first-order valence-electron chi connectivity index (χ1n) is 8.70. The van der Waals surface area contributed by atoms with Crippen LogP contribution in [0, 0.1) is 0 Å². The normalized spacial score (nSPS) is 17.3. The predicted molar refractivity (Wildman–Crippen MR) is 97.1 cm³/mol. The summed E-state index contributed by atoms with van der Waals surface area (Å²) in [5.41, 5.74) is 2.54. The van der Waals surface area contributed by atoms with E-state index in [0.29, 0.717) is 19.8 Å². The maximum atomic E-state index is 12.8. The average Bonchev–Trinajstić information content (AvgIpc) is 2.66. The van der Waals surface area contributed by atoms with E-state index < -0.39 is 24.3 Å². The van der Waals surface area contributed by atoms with Gasteiger partial charge in [0.25, 0.3) is 5.91 Å². The summed E-state index contributed by atoms with van der Waals surface area (Å²) in [5, 5.41) is 0. The summed E-state index contributed by atoms with van der Waals surface area (Å²) in [4.78, 5) is 38.0. The maximum absolute atomic E-state index is 12.8. The number of amides is 1. The zero-order valence-electron chi connectivity index (χ0n) is 16.1. The summed E-state index contributed by atoms with van der Waals surface area (Å²) in [6.45, 7) is 2.64. The number of carbonyl (C=O) groups is 2. The summed E-state index contributed by atoms with van der Waals surface area (Å²) in [7, 11) is 3.06. The van der Waals surface area contributed by atoms with E-state index in [-0.39, 0.29) is 30.7 Å². The Morgan fingerprint density at radius 1 is 1.32 bits per heavy atom. The number of nitrogens with one attached hydrogen (secondary N) is 1. The number of rotatable bonds is 6. The van der Waals surface area contributed by atoms with Crippen LogP contribution in [0.1, 0.15) is 17.4 Å². The molecule has 1 aliphatic rings. The molecule has 0 bridgehead atoms. The molecule has 11 heteroatoms. The Kier molecular flexibility index (Phi) is 8.08. The number of nitrogens with zero attached hydrogens (tertiary/aromatic N) is 2. The lowest BCUT2D eigenvalue weighted by Crippen LogP contribution is -2.40. The van der Waals surface area contributed by atoms with Crippen molar-refractivity contribution in [1.82, 2.24) is 9.58 Å². The molecular formula is C17H25N3O8. The van der Waals surface area contributed by atoms with Gasteiger partial charge in [-0.05, 0) is 6.92 Å². The highest BCUT2D eigenvalue weighted by molar-refractivity contribution is 5.95. The van der Waals surface area contributed by atoms with Gasteiger partial charge < -0.3 is 34.0 Å². The van der Waals surface area contributed by atoms with Gasteiger partial charge >= 0.3 is 6.16 Å². The minimum atomic E-state index is -0.975. The molecule has 0 spiro atoms. The monoisotopic (exact) mass is 399 g/mol. The number of ether oxygens (including phenoxy) is 5. The standard InChI is InChI=1S/C17H25N3O8/c1-12-10-25-7-6-19(2)16(22)14-15(13(21)4-5-20(14)18-12)27-11-28-17(23)26-9-8-24-3/h4-5,12,18H,6-11H2,1-3H3/t12-/m1/s1. The highest BCUT2D eigenvalue weighted by Gasteiger charge is 2.25. The molecule has 0 aromatic carbocycles. The molecule has 28 heavy (non-hydrogen) atoms. The van der Waals surface area contributed by atoms with E-state index in [2.05, 4.69) is 5.43 Å². The third-order valence-electron chi connectivity index (χ3n) is 3.79. The highest BCUT2D eigenvalue weighted by atomic mass is 16.8. The molecule has 0 fully saturated rings. The Bertz CT molecular complexity index is 736. The molecule has 0 radical (unpaired) electrons. The summed E-state index contributed by atoms with van der Waals surface area (Å²) >= 11 is 0. The smallest absolute Gasteiger partial charge is 0.451 e. The van der Waals surface area contributed by atoms with Gasteiger partial charge in [0.05, 0.1) is 25.9 Å². The quantitative estimate of drug-likeness (QED) is 0.401. The van der Waals surface area contributed by atoms with Crippen molar-refractivity contribution in [2.24, 2.45) is 0 Å². The Balaban J connectivity index is 2.19. The first kappa shape index (κ1) is 21.5. The zero-order valence-corrected chi connectivity index (χ0v) is 16.1. The third-order valence-corrected chi connectivity index (χ3v) is 3.79. The van der Waals surface area contributed by atoms with Crippen molar-refractivity contribution in [2.45, 2.75) is 13.0 Å². The van der Waals surface area contributed by atoms with Crippen molar-refractivity contribution in [1.29, 1.82) is 0 Å². The van der Waals surface area contributed by atoms with Gasteiger partial charge in [0.1, 0.15) is 6.61 Å². The molecule has 1 atom stereocenters. The summed E-state index contributed by atoms with van der Waals surface area (Å²) in [6, 6.07) is 1.12. The van der Waals surface area contributed by atoms with E-state index >= 15 is 0 Å². The van der Waals surface area contributed by atoms with Crippen LogP contribution in [0.3, 0.4) is 0 Å². The second-order valence-electron chi connectivity index (χ2n) is 6.06. The average molecular weight is 399 g/mol. The number of carbonyl (C=O) groups excluding carboxylic acids is 2. The minimum Gasteiger partial charge on any atom is -0.451 e. The van der Waals surface area contributed by atoms with Crippen LogP contribution in [0.4, 0.5) is 4.79 Å². The molecule has 1 aliphatic heterocycles. The molecule has 1 aromatic heterocycles. The molecule has 11 nitrogen and oxygen atoms in total. The predicted octanol–water partition coefficient (Wildman–Crippen LogP) is 0.0184. The van der Waals surface area contributed by atoms with Crippen LogP contribution in [0.25, 0.3) is 0 Å². The zero-order chi connectivity index (χ0) is 20.5. The fraction of sp³-hybridized carbons (Fsp3) is 0.588. The van der Waals surface area contributed by atoms with Crippen LogP contribution in [0.15, 0.2) is 17.1 Å². The van der Waals surface area contributed by atoms with Crippen LogP contribution < -0.4 is 15.6 Å². The van der Waals surface area contributed by atoms with Gasteiger partial charge in [0, 0.05) is 33.0 Å². The van der Waals surface area contributed by atoms with Gasteiger partial charge in [-0.2, -0.15) is 0 Å². The van der Waals surface area contributed by atoms with Crippen molar-refractivity contribution < 1.29 is 33.3 Å². The van der Waals surface area contributed by atoms with Gasteiger partial charge in [-0.3, -0.25) is 14.3 Å². The van der Waals surface area contributed by atoms with Gasteiger partial charge in [0.15, 0.2) is 5.69 Å². The minimum absolute atomic E-state index is 0.0000929. The van der Waals surface area contributed by atoms with Gasteiger partial charge in [0.2, 0.25) is 18.0 Å². The van der Waals surface area contributed by atoms with E-state index in [1.165, 1.54) is 28.9 Å². The first-order chi connectivity index (χ1) is 13.4. The highest BCUT2D eigenvalue weighted by Crippen LogP contribution is 2.16. The number of hydrogen-bond acceptors (Lipinski definition) is 9. The van der Waals surface area contributed by atoms with E-state index in [4.69, 9.17) is 23.7 Å². The van der Waals surface area contributed by atoms with Crippen molar-refractivity contribution in [2.75, 3.05) is 59.3 Å². The molecule has 0 saturated heterocycles. The summed E-state index contributed by atoms with van der Waals surface area (Å²) in [6.07, 6.45) is 0.463. The molecule has 0 aliphatic carbocycles. The summed E-state index contributed by atoms with van der Waals surface area (Å²) < 4.78 is 26.5. The number of fused-ring (bicyclic) bond motifs is 1. The van der Waals surface area contributed by atoms with Crippen molar-refractivity contribution in [3.05, 3.63) is 28.2 Å². The SMILES string of the molecule is COCCOC(=O)OCOc1c2n(ccc1=O)N[C@H](C)COCCN(C)C2=O. The number of pyridine rings is 1. The first-order valence-corrected chi connectivity index (χ1v) is 8.70. The van der Waals surface area contributed by atoms with Crippen molar-refractivity contribution in [3.63, 3.8) is 0 Å². The van der Waals surface area contributed by atoms with E-state index in [9.17, 15) is 14.4 Å². The van der Waals surface area contributed by atoms with Crippen LogP contribution in [-0.4, -0.2) is 81.6 Å². The fourth-order valence-electron chi connectivity index (χ4n) is 2.37. The van der Waals surface area contributed by atoms with Crippen LogP contribution in [0.2, 0.25) is 0 Å². The number of methoxy groups -OCH3 is 1. The lowest BCUT2D eigenvalue weighted by molar-refractivity contribution is -0.00491. The summed E-state index contributed by atoms with van der Waals surface area (Å²) in [5.74, 6) is -0.675. The molecule has 156 valence electrons. The lowest BCUT2D eigenvalue weighted by Gasteiger charge is -2.27. The van der Waals surface area contributed by atoms with Gasteiger partial charge in [-0.15, -0.1) is 0 Å². The molecule has 1 amide bonds. The number of aromatic nitrogens is 1. The molecular weight excluding hydrogens is 374 g/mol. The van der Waals surface area contributed by atoms with E-state index in [1.807, 2.05) is 6.92 Å². The second-order valence-corrected chi connectivity index (χ2v) is 6.06. The molecule has 0 unspecified atom stereocenters. The Morgan fingerprint density at radius 3 is 2.86 bits per heavy atom. The van der Waals surface area contributed by atoms with Crippen molar-refractivity contribution >= 4 is 12.1 Å². The fourth-order valence-corrected chi connectivity index (χ4v) is 2.37. The third kappa shape index (κ3) is 5.86. The number of likely N-dealkylation sites (N-methyl/N-ethyl adjacent to an activating group) is 1. The van der Waals surface area contributed by atoms with Crippen LogP contribution in [-0.2, 0) is 18.9 Å². The molecule has 1 N–H and O–H groups in total. The van der Waals surface area contributed by atoms with Crippen molar-refractivity contribution in [3.8, 4) is 5.75 Å². The van der Waals surface area contributed by atoms with Crippen LogP contribution in [0.5, 0.6) is 5.75 Å². The van der Waals surface area contributed by atoms with Crippen LogP contribution >= 0.6 is 0 Å². The Morgan fingerprint density at radius 2 is 2.11 bits per heavy atom. The maximum Gasteiger partial charge on any atom is 0.511 e. The Labute approximate surface area is 162 Å². The lowest BCUT2D eigenvalue weighted by atomic mass is 10.2. The molecule has 1 aromatic rings. The molecule has 0 saturated carbocycles. The molecule has 2 heterocycles.